The predicted octanol–water partition coefficient (Wildman–Crippen LogP) is 2.83. The second-order valence-electron chi connectivity index (χ2n) is 6.10. The van der Waals surface area contributed by atoms with Gasteiger partial charge in [0.2, 0.25) is 0 Å². The quantitative estimate of drug-likeness (QED) is 0.868. The topological polar surface area (TPSA) is 68.5 Å². The molecule has 1 atom stereocenters. The minimum Gasteiger partial charge on any atom is -0.484 e. The largest absolute Gasteiger partial charge is 0.484 e. The van der Waals surface area contributed by atoms with Crippen LogP contribution < -0.4 is 4.74 Å². The molecular weight excluding hydrogens is 294 g/mol. The molecule has 1 amide bonds. The van der Waals surface area contributed by atoms with Gasteiger partial charge in [0.15, 0.2) is 11.5 Å². The smallest absolute Gasteiger partial charge is 0.276 e. The molecule has 122 valence electrons. The zero-order chi connectivity index (χ0) is 16.2. The van der Waals surface area contributed by atoms with Crippen molar-refractivity contribution < 1.29 is 14.1 Å². The van der Waals surface area contributed by atoms with Crippen LogP contribution in [-0.2, 0) is 6.61 Å². The Balaban J connectivity index is 1.59. The number of likely N-dealkylation sites (tertiary alicyclic amines) is 1. The molecule has 2 aromatic rings. The van der Waals surface area contributed by atoms with Crippen LogP contribution in [0.1, 0.15) is 41.7 Å². The zero-order valence-corrected chi connectivity index (χ0v) is 13.5. The number of rotatable bonds is 4. The molecule has 0 saturated carbocycles. The first-order chi connectivity index (χ1) is 11.1. The Morgan fingerprint density at radius 2 is 2.35 bits per heavy atom. The van der Waals surface area contributed by atoms with Crippen LogP contribution in [0.5, 0.6) is 5.75 Å². The van der Waals surface area contributed by atoms with Crippen molar-refractivity contribution in [3.8, 4) is 5.75 Å². The third-order valence-corrected chi connectivity index (χ3v) is 3.99. The van der Waals surface area contributed by atoms with E-state index in [1.165, 1.54) is 6.42 Å². The number of piperidine rings is 1. The maximum absolute atomic E-state index is 12.4. The Morgan fingerprint density at radius 1 is 1.48 bits per heavy atom. The number of hydrogen-bond donors (Lipinski definition) is 0. The van der Waals surface area contributed by atoms with Crippen LogP contribution in [0.15, 0.2) is 28.9 Å². The van der Waals surface area contributed by atoms with E-state index < -0.39 is 0 Å². The first kappa shape index (κ1) is 15.5. The predicted molar refractivity (Wildman–Crippen MR) is 84.1 cm³/mol. The van der Waals surface area contributed by atoms with Gasteiger partial charge in [-0.1, -0.05) is 12.1 Å². The van der Waals surface area contributed by atoms with E-state index in [4.69, 9.17) is 9.26 Å². The molecule has 0 aromatic carbocycles. The normalized spacial score (nSPS) is 18.0. The van der Waals surface area contributed by atoms with Gasteiger partial charge in [-0.05, 0) is 37.8 Å². The van der Waals surface area contributed by atoms with Gasteiger partial charge in [0.05, 0.1) is 6.20 Å². The Morgan fingerprint density at radius 3 is 3.09 bits per heavy atom. The Labute approximate surface area is 135 Å². The average Bonchev–Trinajstić information content (AvgIpc) is 3.02. The van der Waals surface area contributed by atoms with Crippen molar-refractivity contribution in [1.82, 2.24) is 15.0 Å². The molecule has 6 nitrogen and oxygen atoms in total. The molecule has 3 rings (SSSR count). The first-order valence-electron chi connectivity index (χ1n) is 7.92. The van der Waals surface area contributed by atoms with Gasteiger partial charge in [0.1, 0.15) is 12.4 Å². The van der Waals surface area contributed by atoms with Crippen molar-refractivity contribution in [3.05, 3.63) is 41.5 Å². The summed E-state index contributed by atoms with van der Waals surface area (Å²) in [5.41, 5.74) is 1.28. The summed E-state index contributed by atoms with van der Waals surface area (Å²) in [5.74, 6) is 1.66. The van der Waals surface area contributed by atoms with Gasteiger partial charge in [-0.3, -0.25) is 9.78 Å². The highest BCUT2D eigenvalue weighted by Crippen LogP contribution is 2.18. The SMILES string of the molecule is Cc1ccc(OCc2cc(C(=O)N3CCC[C@@H](C)C3)no2)cn1. The summed E-state index contributed by atoms with van der Waals surface area (Å²) in [6, 6.07) is 5.38. The number of hydrogen-bond acceptors (Lipinski definition) is 5. The minimum absolute atomic E-state index is 0.0662. The molecule has 1 fully saturated rings. The van der Waals surface area contributed by atoms with Crippen LogP contribution in [0.3, 0.4) is 0 Å². The second kappa shape index (κ2) is 6.81. The van der Waals surface area contributed by atoms with E-state index in [0.29, 0.717) is 23.1 Å². The number of aromatic nitrogens is 2. The average molecular weight is 315 g/mol. The second-order valence-corrected chi connectivity index (χ2v) is 6.10. The van der Waals surface area contributed by atoms with E-state index in [0.717, 1.165) is 25.2 Å². The van der Waals surface area contributed by atoms with Crippen molar-refractivity contribution in [3.63, 3.8) is 0 Å². The Bertz CT molecular complexity index is 666. The molecule has 6 heteroatoms. The molecule has 0 N–H and O–H groups in total. The molecular formula is C17H21N3O3. The van der Waals surface area contributed by atoms with E-state index in [2.05, 4.69) is 17.1 Å². The Hall–Kier alpha value is -2.37. The van der Waals surface area contributed by atoms with Crippen molar-refractivity contribution >= 4 is 5.91 Å². The van der Waals surface area contributed by atoms with E-state index >= 15 is 0 Å². The van der Waals surface area contributed by atoms with Crippen molar-refractivity contribution in [2.24, 2.45) is 5.92 Å². The van der Waals surface area contributed by atoms with Crippen LogP contribution in [-0.4, -0.2) is 34.0 Å². The van der Waals surface area contributed by atoms with Gasteiger partial charge in [-0.2, -0.15) is 0 Å². The number of pyridine rings is 1. The fraction of sp³-hybridized carbons (Fsp3) is 0.471. The monoisotopic (exact) mass is 315 g/mol. The summed E-state index contributed by atoms with van der Waals surface area (Å²) in [6.07, 6.45) is 3.88. The number of nitrogens with zero attached hydrogens (tertiary/aromatic N) is 3. The lowest BCUT2D eigenvalue weighted by atomic mass is 10.00. The fourth-order valence-electron chi connectivity index (χ4n) is 2.71. The summed E-state index contributed by atoms with van der Waals surface area (Å²) in [7, 11) is 0. The van der Waals surface area contributed by atoms with Gasteiger partial charge >= 0.3 is 0 Å². The van der Waals surface area contributed by atoms with Gasteiger partial charge < -0.3 is 14.2 Å². The maximum atomic E-state index is 12.4. The van der Waals surface area contributed by atoms with E-state index in [1.807, 2.05) is 24.0 Å². The molecule has 0 radical (unpaired) electrons. The highest BCUT2D eigenvalue weighted by Gasteiger charge is 2.24. The molecule has 3 heterocycles. The Kier molecular flexibility index (Phi) is 4.60. The highest BCUT2D eigenvalue weighted by atomic mass is 16.5. The standard InChI is InChI=1S/C17H21N3O3/c1-12-4-3-7-20(10-12)17(21)16-8-15(23-19-16)11-22-14-6-5-13(2)18-9-14/h5-6,8-9,12H,3-4,7,10-11H2,1-2H3/t12-/m1/s1. The van der Waals surface area contributed by atoms with Crippen LogP contribution >= 0.6 is 0 Å². The van der Waals surface area contributed by atoms with E-state index in [1.54, 1.807) is 12.3 Å². The number of aryl methyl sites for hydroxylation is 1. The fourth-order valence-corrected chi connectivity index (χ4v) is 2.71. The van der Waals surface area contributed by atoms with Crippen LogP contribution in [0, 0.1) is 12.8 Å². The third-order valence-electron chi connectivity index (χ3n) is 3.99. The molecule has 23 heavy (non-hydrogen) atoms. The third kappa shape index (κ3) is 3.88. The summed E-state index contributed by atoms with van der Waals surface area (Å²) in [5, 5.41) is 3.88. The van der Waals surface area contributed by atoms with Crippen LogP contribution in [0.25, 0.3) is 0 Å². The maximum Gasteiger partial charge on any atom is 0.276 e. The molecule has 1 saturated heterocycles. The van der Waals surface area contributed by atoms with E-state index in [-0.39, 0.29) is 12.5 Å². The molecule has 0 bridgehead atoms. The lowest BCUT2D eigenvalue weighted by Gasteiger charge is -2.30. The molecule has 0 aliphatic carbocycles. The lowest BCUT2D eigenvalue weighted by molar-refractivity contribution is 0.0672. The van der Waals surface area contributed by atoms with Crippen LogP contribution in [0.2, 0.25) is 0 Å². The number of carbonyl (C=O) groups is 1. The first-order valence-corrected chi connectivity index (χ1v) is 7.92. The number of amides is 1. The summed E-state index contributed by atoms with van der Waals surface area (Å²) in [4.78, 5) is 18.4. The molecule has 2 aromatic heterocycles. The number of ether oxygens (including phenoxy) is 1. The molecule has 0 spiro atoms. The van der Waals surface area contributed by atoms with Crippen molar-refractivity contribution in [2.75, 3.05) is 13.1 Å². The van der Waals surface area contributed by atoms with Crippen molar-refractivity contribution in [1.29, 1.82) is 0 Å². The zero-order valence-electron chi connectivity index (χ0n) is 13.5. The highest BCUT2D eigenvalue weighted by molar-refractivity contribution is 5.92. The minimum atomic E-state index is -0.0662. The summed E-state index contributed by atoms with van der Waals surface area (Å²) >= 11 is 0. The molecule has 1 aliphatic heterocycles. The summed E-state index contributed by atoms with van der Waals surface area (Å²) in [6.45, 7) is 5.88. The van der Waals surface area contributed by atoms with Gasteiger partial charge in [0.25, 0.3) is 5.91 Å². The van der Waals surface area contributed by atoms with E-state index in [9.17, 15) is 4.79 Å². The summed E-state index contributed by atoms with van der Waals surface area (Å²) < 4.78 is 10.8. The van der Waals surface area contributed by atoms with Crippen LogP contribution in [0.4, 0.5) is 0 Å². The number of carbonyl (C=O) groups excluding carboxylic acids is 1. The lowest BCUT2D eigenvalue weighted by Crippen LogP contribution is -2.39. The van der Waals surface area contributed by atoms with Crippen molar-refractivity contribution in [2.45, 2.75) is 33.3 Å². The van der Waals surface area contributed by atoms with Gasteiger partial charge in [0, 0.05) is 24.8 Å². The molecule has 0 unspecified atom stereocenters. The van der Waals surface area contributed by atoms with Gasteiger partial charge in [-0.25, -0.2) is 0 Å². The molecule has 1 aliphatic rings. The van der Waals surface area contributed by atoms with Gasteiger partial charge in [-0.15, -0.1) is 0 Å².